The van der Waals surface area contributed by atoms with Crippen LogP contribution in [0.2, 0.25) is 0 Å². The molecule has 0 unspecified atom stereocenters. The van der Waals surface area contributed by atoms with E-state index >= 15 is 0 Å². The van der Waals surface area contributed by atoms with Crippen LogP contribution >= 0.6 is 15.9 Å². The first-order valence-electron chi connectivity index (χ1n) is 6.32. The van der Waals surface area contributed by atoms with Gasteiger partial charge in [0.2, 0.25) is 0 Å². The SMILES string of the molecule is CCc1c(Br)cc(NCCCNC)cc1C(C)=O. The van der Waals surface area contributed by atoms with Crippen LogP contribution in [0.4, 0.5) is 5.69 Å². The minimum atomic E-state index is 0.117. The van der Waals surface area contributed by atoms with Crippen molar-refractivity contribution in [3.63, 3.8) is 0 Å². The molecular formula is C14H21BrN2O. The summed E-state index contributed by atoms with van der Waals surface area (Å²) in [5, 5.41) is 6.45. The molecule has 0 saturated heterocycles. The molecule has 1 rings (SSSR count). The number of carbonyl (C=O) groups excluding carboxylic acids is 1. The number of Topliss-reactive ketones (excluding diaryl/α,β-unsaturated/α-hetero) is 1. The lowest BCUT2D eigenvalue weighted by atomic mass is 10.0. The molecule has 3 nitrogen and oxygen atoms in total. The van der Waals surface area contributed by atoms with Crippen molar-refractivity contribution in [1.29, 1.82) is 0 Å². The molecule has 0 radical (unpaired) electrons. The predicted molar refractivity (Wildman–Crippen MR) is 80.6 cm³/mol. The fourth-order valence-electron chi connectivity index (χ4n) is 1.91. The largest absolute Gasteiger partial charge is 0.385 e. The molecule has 0 saturated carbocycles. The Morgan fingerprint density at radius 2 is 2.06 bits per heavy atom. The van der Waals surface area contributed by atoms with Crippen molar-refractivity contribution in [2.75, 3.05) is 25.5 Å². The molecule has 1 aromatic rings. The Balaban J connectivity index is 2.84. The molecule has 0 fully saturated rings. The van der Waals surface area contributed by atoms with Crippen LogP contribution in [0.5, 0.6) is 0 Å². The van der Waals surface area contributed by atoms with Gasteiger partial charge in [-0.15, -0.1) is 0 Å². The van der Waals surface area contributed by atoms with Gasteiger partial charge in [-0.25, -0.2) is 0 Å². The van der Waals surface area contributed by atoms with Gasteiger partial charge >= 0.3 is 0 Å². The molecule has 0 amide bonds. The Hall–Kier alpha value is -0.870. The summed E-state index contributed by atoms with van der Waals surface area (Å²) in [6.45, 7) is 5.56. The van der Waals surface area contributed by atoms with Gasteiger partial charge in [0.15, 0.2) is 5.78 Å². The molecule has 4 heteroatoms. The van der Waals surface area contributed by atoms with Gasteiger partial charge in [0, 0.05) is 22.3 Å². The Bertz CT molecular complexity index is 419. The molecular weight excluding hydrogens is 292 g/mol. The highest BCUT2D eigenvalue weighted by Crippen LogP contribution is 2.26. The van der Waals surface area contributed by atoms with E-state index in [0.29, 0.717) is 0 Å². The lowest BCUT2D eigenvalue weighted by Gasteiger charge is -2.12. The minimum Gasteiger partial charge on any atom is -0.385 e. The molecule has 0 spiro atoms. The van der Waals surface area contributed by atoms with Crippen LogP contribution in [0, 0.1) is 0 Å². The van der Waals surface area contributed by atoms with Crippen LogP contribution in [0.3, 0.4) is 0 Å². The molecule has 0 aliphatic carbocycles. The summed E-state index contributed by atoms with van der Waals surface area (Å²) in [6.07, 6.45) is 1.91. The predicted octanol–water partition coefficient (Wildman–Crippen LogP) is 3.24. The number of rotatable bonds is 7. The van der Waals surface area contributed by atoms with Gasteiger partial charge < -0.3 is 10.6 Å². The van der Waals surface area contributed by atoms with Gasteiger partial charge in [-0.05, 0) is 51.1 Å². The van der Waals surface area contributed by atoms with Crippen molar-refractivity contribution in [1.82, 2.24) is 5.32 Å². The fourth-order valence-corrected chi connectivity index (χ4v) is 2.65. The number of hydrogen-bond acceptors (Lipinski definition) is 3. The van der Waals surface area contributed by atoms with Crippen molar-refractivity contribution in [3.05, 3.63) is 27.7 Å². The summed E-state index contributed by atoms with van der Waals surface area (Å²) in [6, 6.07) is 4.00. The zero-order chi connectivity index (χ0) is 13.5. The van der Waals surface area contributed by atoms with E-state index in [1.165, 1.54) is 0 Å². The maximum atomic E-state index is 11.6. The van der Waals surface area contributed by atoms with E-state index in [0.717, 1.165) is 47.2 Å². The number of hydrogen-bond donors (Lipinski definition) is 2. The maximum absolute atomic E-state index is 11.6. The average molecular weight is 313 g/mol. The van der Waals surface area contributed by atoms with E-state index in [1.54, 1.807) is 6.92 Å². The van der Waals surface area contributed by atoms with Crippen LogP contribution in [0.15, 0.2) is 16.6 Å². The Kier molecular flexibility index (Phi) is 6.36. The van der Waals surface area contributed by atoms with Crippen LogP contribution < -0.4 is 10.6 Å². The van der Waals surface area contributed by atoms with Gasteiger partial charge in [0.1, 0.15) is 0 Å². The van der Waals surface area contributed by atoms with Gasteiger partial charge in [0.05, 0.1) is 0 Å². The number of benzene rings is 1. The molecule has 0 bridgehead atoms. The Morgan fingerprint density at radius 1 is 1.33 bits per heavy atom. The van der Waals surface area contributed by atoms with Crippen molar-refractivity contribution >= 4 is 27.4 Å². The van der Waals surface area contributed by atoms with Gasteiger partial charge in [-0.3, -0.25) is 4.79 Å². The van der Waals surface area contributed by atoms with Crippen LogP contribution in [-0.2, 0) is 6.42 Å². The molecule has 1 aromatic carbocycles. The first-order chi connectivity index (χ1) is 8.60. The highest BCUT2D eigenvalue weighted by Gasteiger charge is 2.11. The van der Waals surface area contributed by atoms with Crippen LogP contribution in [0.25, 0.3) is 0 Å². The summed E-state index contributed by atoms with van der Waals surface area (Å²) < 4.78 is 1.01. The second-order valence-electron chi connectivity index (χ2n) is 4.28. The van der Waals surface area contributed by atoms with E-state index in [-0.39, 0.29) is 5.78 Å². The van der Waals surface area contributed by atoms with Crippen molar-refractivity contribution in [2.24, 2.45) is 0 Å². The molecule has 2 N–H and O–H groups in total. The number of carbonyl (C=O) groups is 1. The highest BCUT2D eigenvalue weighted by molar-refractivity contribution is 9.10. The lowest BCUT2D eigenvalue weighted by Crippen LogP contribution is -2.13. The summed E-state index contributed by atoms with van der Waals surface area (Å²) in [7, 11) is 1.94. The van der Waals surface area contributed by atoms with Gasteiger partial charge in [-0.1, -0.05) is 22.9 Å². The summed E-state index contributed by atoms with van der Waals surface area (Å²) in [4.78, 5) is 11.6. The van der Waals surface area contributed by atoms with Crippen molar-refractivity contribution in [3.8, 4) is 0 Å². The number of nitrogens with one attached hydrogen (secondary N) is 2. The standard InChI is InChI=1S/C14H21BrN2O/c1-4-12-13(10(2)18)8-11(9-14(12)15)17-7-5-6-16-3/h8-9,16-17H,4-7H2,1-3H3. The summed E-state index contributed by atoms with van der Waals surface area (Å²) in [5.41, 5.74) is 2.90. The summed E-state index contributed by atoms with van der Waals surface area (Å²) in [5.74, 6) is 0.117. The summed E-state index contributed by atoms with van der Waals surface area (Å²) >= 11 is 3.54. The van der Waals surface area contributed by atoms with E-state index in [2.05, 4.69) is 33.5 Å². The van der Waals surface area contributed by atoms with E-state index < -0.39 is 0 Å². The van der Waals surface area contributed by atoms with Crippen LogP contribution in [-0.4, -0.2) is 25.9 Å². The smallest absolute Gasteiger partial charge is 0.160 e. The minimum absolute atomic E-state index is 0.117. The maximum Gasteiger partial charge on any atom is 0.160 e. The quantitative estimate of drug-likeness (QED) is 0.600. The van der Waals surface area contributed by atoms with Crippen LogP contribution in [0.1, 0.15) is 36.2 Å². The van der Waals surface area contributed by atoms with E-state index in [4.69, 9.17) is 0 Å². The molecule has 100 valence electrons. The number of anilines is 1. The Labute approximate surface area is 117 Å². The first kappa shape index (κ1) is 15.2. The average Bonchev–Trinajstić information content (AvgIpc) is 2.34. The van der Waals surface area contributed by atoms with E-state index in [9.17, 15) is 4.79 Å². The van der Waals surface area contributed by atoms with Gasteiger partial charge in [0.25, 0.3) is 0 Å². The molecule has 0 aliphatic heterocycles. The molecule has 0 aromatic heterocycles. The van der Waals surface area contributed by atoms with E-state index in [1.807, 2.05) is 19.2 Å². The highest BCUT2D eigenvalue weighted by atomic mass is 79.9. The molecule has 0 heterocycles. The zero-order valence-corrected chi connectivity index (χ0v) is 12.9. The third-order valence-corrected chi connectivity index (χ3v) is 3.57. The zero-order valence-electron chi connectivity index (χ0n) is 11.3. The topological polar surface area (TPSA) is 41.1 Å². The molecule has 18 heavy (non-hydrogen) atoms. The monoisotopic (exact) mass is 312 g/mol. The fraction of sp³-hybridized carbons (Fsp3) is 0.500. The second-order valence-corrected chi connectivity index (χ2v) is 5.13. The van der Waals surface area contributed by atoms with Crippen molar-refractivity contribution < 1.29 is 4.79 Å². The Morgan fingerprint density at radius 3 is 2.61 bits per heavy atom. The van der Waals surface area contributed by atoms with Crippen molar-refractivity contribution in [2.45, 2.75) is 26.7 Å². The second kappa shape index (κ2) is 7.54. The number of ketones is 1. The normalized spacial score (nSPS) is 10.4. The van der Waals surface area contributed by atoms with Gasteiger partial charge in [-0.2, -0.15) is 0 Å². The molecule has 0 atom stereocenters. The molecule has 0 aliphatic rings. The third kappa shape index (κ3) is 4.10. The third-order valence-electron chi connectivity index (χ3n) is 2.86. The number of halogens is 1. The first-order valence-corrected chi connectivity index (χ1v) is 7.11. The lowest BCUT2D eigenvalue weighted by molar-refractivity contribution is 0.101.